The first-order chi connectivity index (χ1) is 8.50. The van der Waals surface area contributed by atoms with Gasteiger partial charge < -0.3 is 0 Å². The van der Waals surface area contributed by atoms with Crippen molar-refractivity contribution in [1.29, 1.82) is 0 Å². The molecule has 3 nitrogen and oxygen atoms in total. The van der Waals surface area contributed by atoms with E-state index < -0.39 is 11.9 Å². The second kappa shape index (κ2) is 4.93. The molecule has 7 heteroatoms. The Kier molecular flexibility index (Phi) is 3.51. The predicted octanol–water partition coefficient (Wildman–Crippen LogP) is 3.28. The number of aromatic nitrogens is 3. The van der Waals surface area contributed by atoms with Crippen molar-refractivity contribution in [2.24, 2.45) is 0 Å². The first-order valence-electron chi connectivity index (χ1n) is 4.92. The summed E-state index contributed by atoms with van der Waals surface area (Å²) in [5, 5.41) is 0.262. The fraction of sp³-hybridized carbons (Fsp3) is 0.182. The van der Waals surface area contributed by atoms with Crippen molar-refractivity contribution < 1.29 is 13.2 Å². The maximum absolute atomic E-state index is 12.7. The van der Waals surface area contributed by atoms with E-state index in [4.69, 9.17) is 0 Å². The molecule has 0 aromatic carbocycles. The highest BCUT2D eigenvalue weighted by Gasteiger charge is 2.33. The monoisotopic (exact) mass is 271 g/mol. The molecule has 0 amide bonds. The molecule has 0 aliphatic rings. The topological polar surface area (TPSA) is 38.7 Å². The Balaban J connectivity index is 2.55. The predicted molar refractivity (Wildman–Crippen MR) is 62.0 cm³/mol. The Hall–Kier alpha value is -1.63. The summed E-state index contributed by atoms with van der Waals surface area (Å²) in [6, 6.07) is 5.84. The summed E-state index contributed by atoms with van der Waals surface area (Å²) in [6.07, 6.45) is -1.35. The summed E-state index contributed by atoms with van der Waals surface area (Å²) in [5.74, 6) is -0.0187. The molecule has 0 spiro atoms. The summed E-state index contributed by atoms with van der Waals surface area (Å²) in [6.45, 7) is 0. The molecule has 18 heavy (non-hydrogen) atoms. The Bertz CT molecular complexity index is 543. The first kappa shape index (κ1) is 12.8. The Morgan fingerprint density at radius 3 is 2.50 bits per heavy atom. The summed E-state index contributed by atoms with van der Waals surface area (Å²) in [5.41, 5.74) is -0.638. The van der Waals surface area contributed by atoms with E-state index >= 15 is 0 Å². The smallest absolute Gasteiger partial charge is 0.253 e. The SMILES string of the molecule is CSc1cc(C(F)(F)F)nc(-c2ccccn2)n1. The van der Waals surface area contributed by atoms with E-state index in [0.717, 1.165) is 17.8 Å². The van der Waals surface area contributed by atoms with Crippen LogP contribution >= 0.6 is 11.8 Å². The number of rotatable bonds is 2. The Labute approximate surface area is 105 Å². The third kappa shape index (κ3) is 2.79. The quantitative estimate of drug-likeness (QED) is 0.620. The molecule has 0 radical (unpaired) electrons. The van der Waals surface area contributed by atoms with Crippen molar-refractivity contribution in [1.82, 2.24) is 15.0 Å². The minimum Gasteiger partial charge on any atom is -0.253 e. The average molecular weight is 271 g/mol. The highest BCUT2D eigenvalue weighted by molar-refractivity contribution is 7.98. The van der Waals surface area contributed by atoms with Crippen LogP contribution < -0.4 is 0 Å². The van der Waals surface area contributed by atoms with Crippen LogP contribution in [-0.4, -0.2) is 21.2 Å². The molecule has 0 saturated carbocycles. The molecule has 2 aromatic rings. The molecule has 0 bridgehead atoms. The third-order valence-corrected chi connectivity index (χ3v) is 2.72. The average Bonchev–Trinajstić information content (AvgIpc) is 2.38. The summed E-state index contributed by atoms with van der Waals surface area (Å²) in [4.78, 5) is 11.5. The maximum Gasteiger partial charge on any atom is 0.433 e. The molecule has 0 aliphatic carbocycles. The minimum absolute atomic E-state index is 0.0187. The number of nitrogens with zero attached hydrogens (tertiary/aromatic N) is 3. The minimum atomic E-state index is -4.49. The molecule has 2 aromatic heterocycles. The second-order valence-corrected chi connectivity index (χ2v) is 4.16. The van der Waals surface area contributed by atoms with Crippen molar-refractivity contribution in [3.05, 3.63) is 36.2 Å². The van der Waals surface area contributed by atoms with Crippen LogP contribution in [0.3, 0.4) is 0 Å². The number of pyridine rings is 1. The van der Waals surface area contributed by atoms with Crippen LogP contribution in [0.5, 0.6) is 0 Å². The lowest BCUT2D eigenvalue weighted by Gasteiger charge is -2.08. The number of alkyl halides is 3. The highest BCUT2D eigenvalue weighted by atomic mass is 32.2. The summed E-state index contributed by atoms with van der Waals surface area (Å²) < 4.78 is 38.0. The van der Waals surface area contributed by atoms with Gasteiger partial charge in [0.2, 0.25) is 0 Å². The molecular formula is C11H8F3N3S. The molecule has 2 rings (SSSR count). The van der Waals surface area contributed by atoms with E-state index in [1.165, 1.54) is 6.20 Å². The van der Waals surface area contributed by atoms with Gasteiger partial charge in [-0.1, -0.05) is 6.07 Å². The Morgan fingerprint density at radius 1 is 1.17 bits per heavy atom. The van der Waals surface area contributed by atoms with Gasteiger partial charge in [0.15, 0.2) is 5.82 Å². The highest BCUT2D eigenvalue weighted by Crippen LogP contribution is 2.30. The van der Waals surface area contributed by atoms with Gasteiger partial charge in [-0.2, -0.15) is 13.2 Å². The van der Waals surface area contributed by atoms with Crippen LogP contribution in [-0.2, 0) is 6.18 Å². The van der Waals surface area contributed by atoms with Gasteiger partial charge in [-0.05, 0) is 18.4 Å². The zero-order valence-electron chi connectivity index (χ0n) is 9.27. The van der Waals surface area contributed by atoms with Crippen LogP contribution in [0.2, 0.25) is 0 Å². The second-order valence-electron chi connectivity index (χ2n) is 3.33. The van der Waals surface area contributed by atoms with E-state index in [0.29, 0.717) is 5.69 Å². The number of thioether (sulfide) groups is 1. The van der Waals surface area contributed by atoms with E-state index in [-0.39, 0.29) is 10.9 Å². The largest absolute Gasteiger partial charge is 0.433 e. The number of hydrogen-bond donors (Lipinski definition) is 0. The normalized spacial score (nSPS) is 11.6. The number of halogens is 3. The lowest BCUT2D eigenvalue weighted by Crippen LogP contribution is -2.10. The van der Waals surface area contributed by atoms with Gasteiger partial charge in [-0.15, -0.1) is 11.8 Å². The van der Waals surface area contributed by atoms with Crippen molar-refractivity contribution in [3.8, 4) is 11.5 Å². The lowest BCUT2D eigenvalue weighted by molar-refractivity contribution is -0.141. The molecular weight excluding hydrogens is 263 g/mol. The van der Waals surface area contributed by atoms with Gasteiger partial charge in [-0.3, -0.25) is 4.98 Å². The molecule has 0 aliphatic heterocycles. The zero-order valence-corrected chi connectivity index (χ0v) is 10.1. The lowest BCUT2D eigenvalue weighted by atomic mass is 10.3. The fourth-order valence-electron chi connectivity index (χ4n) is 1.28. The van der Waals surface area contributed by atoms with E-state index in [1.807, 2.05) is 0 Å². The Morgan fingerprint density at radius 2 is 1.94 bits per heavy atom. The van der Waals surface area contributed by atoms with E-state index in [2.05, 4.69) is 15.0 Å². The van der Waals surface area contributed by atoms with E-state index in [9.17, 15) is 13.2 Å². The van der Waals surface area contributed by atoms with Gasteiger partial charge >= 0.3 is 6.18 Å². The maximum atomic E-state index is 12.7. The van der Waals surface area contributed by atoms with Crippen molar-refractivity contribution in [2.75, 3.05) is 6.26 Å². The summed E-state index contributed by atoms with van der Waals surface area (Å²) in [7, 11) is 0. The van der Waals surface area contributed by atoms with Gasteiger partial charge in [0, 0.05) is 12.3 Å². The van der Waals surface area contributed by atoms with Gasteiger partial charge in [-0.25, -0.2) is 9.97 Å². The van der Waals surface area contributed by atoms with Gasteiger partial charge in [0.05, 0.1) is 0 Å². The van der Waals surface area contributed by atoms with Crippen LogP contribution in [0, 0.1) is 0 Å². The standard InChI is InChI=1S/C11H8F3N3S/c1-18-9-6-8(11(12,13)14)16-10(17-9)7-4-2-3-5-15-7/h2-6H,1H3. The molecule has 0 unspecified atom stereocenters. The van der Waals surface area contributed by atoms with Crippen molar-refractivity contribution in [2.45, 2.75) is 11.2 Å². The summed E-state index contributed by atoms with van der Waals surface area (Å²) >= 11 is 1.13. The van der Waals surface area contributed by atoms with Gasteiger partial charge in [0.25, 0.3) is 0 Å². The molecule has 94 valence electrons. The van der Waals surface area contributed by atoms with Crippen LogP contribution in [0.25, 0.3) is 11.5 Å². The first-order valence-corrected chi connectivity index (χ1v) is 6.15. The van der Waals surface area contributed by atoms with Crippen LogP contribution in [0.15, 0.2) is 35.5 Å². The van der Waals surface area contributed by atoms with Crippen molar-refractivity contribution in [3.63, 3.8) is 0 Å². The van der Waals surface area contributed by atoms with Crippen LogP contribution in [0.1, 0.15) is 5.69 Å². The molecule has 2 heterocycles. The zero-order chi connectivity index (χ0) is 13.2. The molecule has 0 atom stereocenters. The fourth-order valence-corrected chi connectivity index (χ4v) is 1.69. The molecule has 0 N–H and O–H groups in total. The van der Waals surface area contributed by atoms with Crippen LogP contribution in [0.4, 0.5) is 13.2 Å². The molecule has 0 saturated heterocycles. The third-order valence-electron chi connectivity index (χ3n) is 2.10. The van der Waals surface area contributed by atoms with E-state index in [1.54, 1.807) is 24.5 Å². The van der Waals surface area contributed by atoms with Gasteiger partial charge in [0.1, 0.15) is 16.4 Å². The van der Waals surface area contributed by atoms with Crippen molar-refractivity contribution >= 4 is 11.8 Å². The molecule has 0 fully saturated rings. The number of hydrogen-bond acceptors (Lipinski definition) is 4.